The summed E-state index contributed by atoms with van der Waals surface area (Å²) in [7, 11) is 1.55. The van der Waals surface area contributed by atoms with Crippen molar-refractivity contribution in [3.8, 4) is 0 Å². The minimum atomic E-state index is -4.43. The Morgan fingerprint density at radius 3 is 2.83 bits per heavy atom. The van der Waals surface area contributed by atoms with E-state index in [9.17, 15) is 18.0 Å². The average molecular weight is 343 g/mol. The zero-order valence-electron chi connectivity index (χ0n) is 12.0. The molecule has 0 saturated carbocycles. The largest absolute Gasteiger partial charge is 0.417 e. The zero-order chi connectivity index (χ0) is 16.6. The Balaban J connectivity index is 2.00. The summed E-state index contributed by atoms with van der Waals surface area (Å²) < 4.78 is 40.6. The number of rotatable bonds is 2. The van der Waals surface area contributed by atoms with Crippen LogP contribution in [0.5, 0.6) is 0 Å². The van der Waals surface area contributed by atoms with Crippen molar-refractivity contribution in [1.29, 1.82) is 0 Å². The molecule has 1 aromatic heterocycles. The van der Waals surface area contributed by atoms with Gasteiger partial charge in [-0.05, 0) is 46.7 Å². The third-order valence-corrected chi connectivity index (χ3v) is 4.72. The van der Waals surface area contributed by atoms with Crippen LogP contribution in [-0.4, -0.2) is 31.9 Å². The molecule has 0 spiro atoms. The quantitative estimate of drug-likeness (QED) is 0.907. The van der Waals surface area contributed by atoms with Crippen LogP contribution in [0.25, 0.3) is 0 Å². The molecule has 1 aliphatic heterocycles. The Bertz CT molecular complexity index is 759. The van der Waals surface area contributed by atoms with E-state index in [2.05, 4.69) is 20.8 Å². The number of carbonyl (C=O) groups is 1. The smallest absolute Gasteiger partial charge is 0.289 e. The van der Waals surface area contributed by atoms with E-state index in [1.807, 2.05) is 0 Å². The molecule has 0 aliphatic carbocycles. The van der Waals surface area contributed by atoms with Crippen molar-refractivity contribution < 1.29 is 18.0 Å². The predicted octanol–water partition coefficient (Wildman–Crippen LogP) is 2.52. The minimum Gasteiger partial charge on any atom is -0.289 e. The number of hydrogen-bond donors (Lipinski definition) is 1. The fourth-order valence-corrected chi connectivity index (χ4v) is 3.62. The summed E-state index contributed by atoms with van der Waals surface area (Å²) in [5.41, 5.74) is -0.0269. The van der Waals surface area contributed by atoms with E-state index in [4.69, 9.17) is 0 Å². The van der Waals surface area contributed by atoms with Gasteiger partial charge in [-0.3, -0.25) is 10.1 Å². The number of carbonyl (C=O) groups excluding carboxylic acids is 1. The first-order valence-electron chi connectivity index (χ1n) is 6.77. The number of nitrogens with zero attached hydrogens (tertiary/aromatic N) is 4. The Morgan fingerprint density at radius 1 is 1.39 bits per heavy atom. The highest BCUT2D eigenvalue weighted by Crippen LogP contribution is 2.42. The second-order valence-corrected chi connectivity index (χ2v) is 6.10. The topological polar surface area (TPSA) is 72.7 Å². The number of tetrazole rings is 1. The lowest BCUT2D eigenvalue weighted by Gasteiger charge is -2.22. The van der Waals surface area contributed by atoms with Gasteiger partial charge < -0.3 is 0 Å². The Labute approximate surface area is 133 Å². The van der Waals surface area contributed by atoms with E-state index in [0.717, 1.165) is 24.2 Å². The average Bonchev–Trinajstić information content (AvgIpc) is 2.90. The second-order valence-electron chi connectivity index (χ2n) is 5.00. The fourth-order valence-electron chi connectivity index (χ4n) is 2.40. The van der Waals surface area contributed by atoms with Crippen LogP contribution in [0.15, 0.2) is 17.0 Å². The van der Waals surface area contributed by atoms with E-state index in [0.29, 0.717) is 17.7 Å². The molecule has 1 N–H and O–H groups in total. The highest BCUT2D eigenvalue weighted by atomic mass is 32.2. The van der Waals surface area contributed by atoms with Crippen molar-refractivity contribution in [2.45, 2.75) is 23.9 Å². The van der Waals surface area contributed by atoms with Crippen LogP contribution in [0.1, 0.15) is 27.9 Å². The first-order chi connectivity index (χ1) is 10.9. The highest BCUT2D eigenvalue weighted by molar-refractivity contribution is 7.99. The van der Waals surface area contributed by atoms with Gasteiger partial charge in [0.15, 0.2) is 0 Å². The second kappa shape index (κ2) is 5.84. The van der Waals surface area contributed by atoms with Crippen molar-refractivity contribution in [3.63, 3.8) is 0 Å². The van der Waals surface area contributed by atoms with Crippen LogP contribution >= 0.6 is 11.8 Å². The van der Waals surface area contributed by atoms with Crippen molar-refractivity contribution in [3.05, 3.63) is 28.8 Å². The Morgan fingerprint density at radius 2 is 2.17 bits per heavy atom. The molecule has 0 bridgehead atoms. The summed E-state index contributed by atoms with van der Waals surface area (Å²) in [6, 6.07) is 2.17. The molecule has 1 amide bonds. The van der Waals surface area contributed by atoms with E-state index in [1.165, 1.54) is 10.7 Å². The maximum Gasteiger partial charge on any atom is 0.417 e. The van der Waals surface area contributed by atoms with Crippen molar-refractivity contribution in [2.75, 3.05) is 11.1 Å². The van der Waals surface area contributed by atoms with Crippen LogP contribution in [0.4, 0.5) is 19.1 Å². The predicted molar refractivity (Wildman–Crippen MR) is 77.2 cm³/mol. The molecule has 1 aromatic carbocycles. The fraction of sp³-hybridized carbons (Fsp3) is 0.385. The number of amides is 1. The standard InChI is InChI=1S/C13H12F3N5OS/c1-21-12(18-19-20-21)17-11(22)8-4-5-9(13(14,15)16)10-7(8)3-2-6-23-10/h4-5H,2-3,6H2,1H3,(H,17,18,20,22). The molecule has 10 heteroatoms. The summed E-state index contributed by atoms with van der Waals surface area (Å²) in [4.78, 5) is 12.5. The third-order valence-electron chi connectivity index (χ3n) is 3.47. The molecule has 0 atom stereocenters. The normalized spacial score (nSPS) is 14.4. The Hall–Kier alpha value is -2.10. The maximum atomic E-state index is 13.1. The van der Waals surface area contributed by atoms with Gasteiger partial charge in [-0.1, -0.05) is 5.10 Å². The highest BCUT2D eigenvalue weighted by Gasteiger charge is 2.36. The molecule has 23 heavy (non-hydrogen) atoms. The van der Waals surface area contributed by atoms with Crippen LogP contribution < -0.4 is 5.32 Å². The summed E-state index contributed by atoms with van der Waals surface area (Å²) in [5.74, 6) is 0.219. The first-order valence-corrected chi connectivity index (χ1v) is 7.76. The van der Waals surface area contributed by atoms with Gasteiger partial charge in [0.2, 0.25) is 5.95 Å². The van der Waals surface area contributed by atoms with Gasteiger partial charge in [-0.2, -0.15) is 13.2 Å². The van der Waals surface area contributed by atoms with Gasteiger partial charge in [0.05, 0.1) is 5.56 Å². The van der Waals surface area contributed by atoms with Crippen molar-refractivity contribution in [2.24, 2.45) is 7.05 Å². The molecule has 0 radical (unpaired) electrons. The SMILES string of the molecule is Cn1nnnc1NC(=O)c1ccc(C(F)(F)F)c2c1CCCS2. The van der Waals surface area contributed by atoms with Crippen molar-refractivity contribution in [1.82, 2.24) is 20.2 Å². The van der Waals surface area contributed by atoms with Gasteiger partial charge in [0.1, 0.15) is 0 Å². The molecule has 2 heterocycles. The van der Waals surface area contributed by atoms with Crippen LogP contribution in [0.3, 0.4) is 0 Å². The number of thioether (sulfide) groups is 1. The lowest BCUT2D eigenvalue weighted by Crippen LogP contribution is -2.20. The molecule has 6 nitrogen and oxygen atoms in total. The number of benzene rings is 1. The molecule has 3 rings (SSSR count). The molecule has 1 aliphatic rings. The molecule has 0 saturated heterocycles. The van der Waals surface area contributed by atoms with Gasteiger partial charge in [0, 0.05) is 17.5 Å². The monoisotopic (exact) mass is 343 g/mol. The molecule has 0 fully saturated rings. The van der Waals surface area contributed by atoms with Crippen molar-refractivity contribution >= 4 is 23.6 Å². The summed E-state index contributed by atoms with van der Waals surface area (Å²) >= 11 is 1.14. The van der Waals surface area contributed by atoms with Gasteiger partial charge in [0.25, 0.3) is 5.91 Å². The number of hydrogen-bond acceptors (Lipinski definition) is 5. The summed E-state index contributed by atoms with van der Waals surface area (Å²) in [6.45, 7) is 0. The lowest BCUT2D eigenvalue weighted by molar-refractivity contribution is -0.139. The van der Waals surface area contributed by atoms with Crippen LogP contribution in [0.2, 0.25) is 0 Å². The number of alkyl halides is 3. The number of aromatic nitrogens is 4. The molecule has 122 valence electrons. The number of halogens is 3. The number of anilines is 1. The van der Waals surface area contributed by atoms with E-state index in [1.54, 1.807) is 7.05 Å². The summed E-state index contributed by atoms with van der Waals surface area (Å²) in [6.07, 6.45) is -3.27. The van der Waals surface area contributed by atoms with Gasteiger partial charge in [-0.25, -0.2) is 4.68 Å². The molecule has 0 unspecified atom stereocenters. The number of aryl methyl sites for hydroxylation is 1. The third kappa shape index (κ3) is 3.03. The number of fused-ring (bicyclic) bond motifs is 1. The Kier molecular flexibility index (Phi) is 4.00. The van der Waals surface area contributed by atoms with Gasteiger partial charge in [-0.15, -0.1) is 11.8 Å². The molecular formula is C13H12F3N5OS. The van der Waals surface area contributed by atoms with Crippen LogP contribution in [0, 0.1) is 0 Å². The molecular weight excluding hydrogens is 331 g/mol. The number of nitrogens with one attached hydrogen (secondary N) is 1. The van der Waals surface area contributed by atoms with Gasteiger partial charge >= 0.3 is 6.18 Å². The first kappa shape index (κ1) is 15.8. The van der Waals surface area contributed by atoms with E-state index >= 15 is 0 Å². The minimum absolute atomic E-state index is 0.132. The van der Waals surface area contributed by atoms with E-state index < -0.39 is 17.6 Å². The van der Waals surface area contributed by atoms with Crippen LogP contribution in [-0.2, 0) is 19.6 Å². The summed E-state index contributed by atoms with van der Waals surface area (Å²) in [5, 5.41) is 13.1. The zero-order valence-corrected chi connectivity index (χ0v) is 12.8. The lowest BCUT2D eigenvalue weighted by atomic mass is 9.98. The molecule has 2 aromatic rings. The van der Waals surface area contributed by atoms with E-state index in [-0.39, 0.29) is 16.4 Å². The maximum absolute atomic E-state index is 13.1.